The molecular formula is C16H15BrINO2. The van der Waals surface area contributed by atoms with Crippen LogP contribution in [0, 0.1) is 3.57 Å². The molecule has 110 valence electrons. The third-order valence-corrected chi connectivity index (χ3v) is 4.52. The average Bonchev–Trinajstić information content (AvgIpc) is 2.49. The number of methoxy groups -OCH3 is 1. The van der Waals surface area contributed by atoms with Crippen molar-refractivity contribution in [2.24, 2.45) is 0 Å². The maximum Gasteiger partial charge on any atom is 0.255 e. The summed E-state index contributed by atoms with van der Waals surface area (Å²) in [6.07, 6.45) is 0. The Morgan fingerprint density at radius 1 is 1.24 bits per heavy atom. The fourth-order valence-corrected chi connectivity index (χ4v) is 2.87. The highest BCUT2D eigenvalue weighted by atomic mass is 127. The largest absolute Gasteiger partial charge is 0.497 e. The van der Waals surface area contributed by atoms with E-state index in [0.717, 1.165) is 19.4 Å². The molecule has 0 fully saturated rings. The number of carbonyl (C=O) groups excluding carboxylic acids is 1. The molecule has 1 amide bonds. The van der Waals surface area contributed by atoms with Crippen LogP contribution in [-0.4, -0.2) is 25.0 Å². The summed E-state index contributed by atoms with van der Waals surface area (Å²) in [7, 11) is 3.45. The molecule has 2 aromatic carbocycles. The van der Waals surface area contributed by atoms with Crippen molar-refractivity contribution in [2.75, 3.05) is 14.2 Å². The minimum absolute atomic E-state index is 0.0107. The van der Waals surface area contributed by atoms with Gasteiger partial charge in [-0.2, -0.15) is 0 Å². The first-order chi connectivity index (χ1) is 10.0. The van der Waals surface area contributed by atoms with Crippen molar-refractivity contribution in [2.45, 2.75) is 6.54 Å². The van der Waals surface area contributed by atoms with Crippen molar-refractivity contribution in [3.8, 4) is 5.75 Å². The van der Waals surface area contributed by atoms with E-state index in [4.69, 9.17) is 4.74 Å². The monoisotopic (exact) mass is 459 g/mol. The number of benzene rings is 2. The molecule has 0 unspecified atom stereocenters. The molecule has 0 N–H and O–H groups in total. The summed E-state index contributed by atoms with van der Waals surface area (Å²) >= 11 is 5.59. The van der Waals surface area contributed by atoms with Crippen molar-refractivity contribution < 1.29 is 9.53 Å². The van der Waals surface area contributed by atoms with Gasteiger partial charge < -0.3 is 9.64 Å². The van der Waals surface area contributed by atoms with Crippen LogP contribution in [-0.2, 0) is 6.54 Å². The highest BCUT2D eigenvalue weighted by molar-refractivity contribution is 14.1. The van der Waals surface area contributed by atoms with Gasteiger partial charge in [-0.25, -0.2) is 0 Å². The predicted molar refractivity (Wildman–Crippen MR) is 95.7 cm³/mol. The van der Waals surface area contributed by atoms with Gasteiger partial charge in [0, 0.05) is 21.6 Å². The molecule has 0 saturated heterocycles. The van der Waals surface area contributed by atoms with Crippen LogP contribution in [0.1, 0.15) is 15.9 Å². The standard InChI is InChI=1S/C16H15BrINO2/c1-19(10-11-3-6-13(21-2)7-4-11)16(20)14-9-12(17)5-8-15(14)18/h3-9H,10H2,1-2H3. The first-order valence-electron chi connectivity index (χ1n) is 6.34. The minimum Gasteiger partial charge on any atom is -0.497 e. The number of halogens is 2. The molecule has 0 atom stereocenters. The predicted octanol–water partition coefficient (Wildman–Crippen LogP) is 4.33. The number of hydrogen-bond acceptors (Lipinski definition) is 2. The first kappa shape index (κ1) is 16.3. The molecule has 2 rings (SSSR count). The van der Waals surface area contributed by atoms with Crippen LogP contribution < -0.4 is 4.74 Å². The minimum atomic E-state index is 0.0107. The number of amides is 1. The normalized spacial score (nSPS) is 10.3. The Morgan fingerprint density at radius 3 is 2.52 bits per heavy atom. The zero-order valence-electron chi connectivity index (χ0n) is 11.8. The lowest BCUT2D eigenvalue weighted by Crippen LogP contribution is -2.26. The molecule has 0 radical (unpaired) electrons. The van der Waals surface area contributed by atoms with Gasteiger partial charge in [0.1, 0.15) is 5.75 Å². The van der Waals surface area contributed by atoms with Gasteiger partial charge in [0.2, 0.25) is 0 Å². The Hall–Kier alpha value is -1.08. The molecule has 0 saturated carbocycles. The van der Waals surface area contributed by atoms with E-state index in [9.17, 15) is 4.79 Å². The Morgan fingerprint density at radius 2 is 1.90 bits per heavy atom. The van der Waals surface area contributed by atoms with Gasteiger partial charge in [-0.1, -0.05) is 28.1 Å². The van der Waals surface area contributed by atoms with Crippen LogP contribution >= 0.6 is 38.5 Å². The molecule has 0 aliphatic heterocycles. The summed E-state index contributed by atoms with van der Waals surface area (Å²) in [4.78, 5) is 14.2. The van der Waals surface area contributed by atoms with E-state index in [1.807, 2.05) is 49.5 Å². The van der Waals surface area contributed by atoms with Gasteiger partial charge >= 0.3 is 0 Å². The fraction of sp³-hybridized carbons (Fsp3) is 0.188. The van der Waals surface area contributed by atoms with E-state index >= 15 is 0 Å². The van der Waals surface area contributed by atoms with Crippen LogP contribution in [0.2, 0.25) is 0 Å². The molecule has 5 heteroatoms. The van der Waals surface area contributed by atoms with E-state index in [2.05, 4.69) is 38.5 Å². The SMILES string of the molecule is COc1ccc(CN(C)C(=O)c2cc(Br)ccc2I)cc1. The first-order valence-corrected chi connectivity index (χ1v) is 8.22. The molecule has 0 aromatic heterocycles. The van der Waals surface area contributed by atoms with Gasteiger partial charge in [-0.15, -0.1) is 0 Å². The van der Waals surface area contributed by atoms with Crippen LogP contribution in [0.3, 0.4) is 0 Å². The number of rotatable bonds is 4. The van der Waals surface area contributed by atoms with Crippen LogP contribution in [0.4, 0.5) is 0 Å². The molecule has 0 spiro atoms. The molecule has 0 heterocycles. The molecule has 0 bridgehead atoms. The van der Waals surface area contributed by atoms with Crippen molar-refractivity contribution in [1.82, 2.24) is 4.90 Å². The Bertz CT molecular complexity index is 643. The van der Waals surface area contributed by atoms with Gasteiger partial charge in [0.25, 0.3) is 5.91 Å². The summed E-state index contributed by atoms with van der Waals surface area (Å²) in [5, 5.41) is 0. The lowest BCUT2D eigenvalue weighted by atomic mass is 10.1. The number of hydrogen-bond donors (Lipinski definition) is 0. The number of ether oxygens (including phenoxy) is 1. The highest BCUT2D eigenvalue weighted by Crippen LogP contribution is 2.20. The quantitative estimate of drug-likeness (QED) is 0.636. The second-order valence-corrected chi connectivity index (χ2v) is 6.71. The Balaban J connectivity index is 2.13. The van der Waals surface area contributed by atoms with Gasteiger partial charge in [0.15, 0.2) is 0 Å². The number of carbonyl (C=O) groups is 1. The lowest BCUT2D eigenvalue weighted by Gasteiger charge is -2.18. The summed E-state index contributed by atoms with van der Waals surface area (Å²) in [6.45, 7) is 0.561. The topological polar surface area (TPSA) is 29.5 Å². The molecule has 0 aliphatic carbocycles. The van der Waals surface area contributed by atoms with Crippen LogP contribution in [0.25, 0.3) is 0 Å². The molecule has 2 aromatic rings. The Labute approximate surface area is 146 Å². The van der Waals surface area contributed by atoms with E-state index in [-0.39, 0.29) is 5.91 Å². The smallest absolute Gasteiger partial charge is 0.255 e. The van der Waals surface area contributed by atoms with Gasteiger partial charge in [-0.05, 0) is 58.5 Å². The van der Waals surface area contributed by atoms with Crippen molar-refractivity contribution in [1.29, 1.82) is 0 Å². The van der Waals surface area contributed by atoms with E-state index in [1.165, 1.54) is 0 Å². The summed E-state index contributed by atoms with van der Waals surface area (Å²) in [5.74, 6) is 0.825. The summed E-state index contributed by atoms with van der Waals surface area (Å²) < 4.78 is 6.99. The van der Waals surface area contributed by atoms with E-state index < -0.39 is 0 Å². The van der Waals surface area contributed by atoms with Crippen molar-refractivity contribution >= 4 is 44.4 Å². The molecule has 21 heavy (non-hydrogen) atoms. The highest BCUT2D eigenvalue weighted by Gasteiger charge is 2.15. The third-order valence-electron chi connectivity index (χ3n) is 3.08. The van der Waals surface area contributed by atoms with E-state index in [0.29, 0.717) is 12.1 Å². The summed E-state index contributed by atoms with van der Waals surface area (Å²) in [6, 6.07) is 13.5. The van der Waals surface area contributed by atoms with Crippen molar-refractivity contribution in [3.05, 3.63) is 61.6 Å². The van der Waals surface area contributed by atoms with Crippen LogP contribution in [0.15, 0.2) is 46.9 Å². The maximum atomic E-state index is 12.5. The molecule has 3 nitrogen and oxygen atoms in total. The zero-order valence-corrected chi connectivity index (χ0v) is 15.5. The Kier molecular flexibility index (Phi) is 5.64. The maximum absolute atomic E-state index is 12.5. The molecule has 0 aliphatic rings. The second-order valence-electron chi connectivity index (χ2n) is 4.63. The molecular weight excluding hydrogens is 445 g/mol. The second kappa shape index (κ2) is 7.26. The average molecular weight is 460 g/mol. The van der Waals surface area contributed by atoms with Crippen molar-refractivity contribution in [3.63, 3.8) is 0 Å². The summed E-state index contributed by atoms with van der Waals surface area (Å²) in [5.41, 5.74) is 1.78. The van der Waals surface area contributed by atoms with Crippen LogP contribution in [0.5, 0.6) is 5.75 Å². The zero-order chi connectivity index (χ0) is 15.4. The van der Waals surface area contributed by atoms with E-state index in [1.54, 1.807) is 12.0 Å². The third kappa shape index (κ3) is 4.20. The lowest BCUT2D eigenvalue weighted by molar-refractivity contribution is 0.0784. The number of nitrogens with zero attached hydrogens (tertiary/aromatic N) is 1. The van der Waals surface area contributed by atoms with Gasteiger partial charge in [-0.3, -0.25) is 4.79 Å². The van der Waals surface area contributed by atoms with Gasteiger partial charge in [0.05, 0.1) is 12.7 Å². The fourth-order valence-electron chi connectivity index (χ4n) is 1.94.